The van der Waals surface area contributed by atoms with Crippen LogP contribution in [-0.4, -0.2) is 43.8 Å². The van der Waals surface area contributed by atoms with Gasteiger partial charge >= 0.3 is 5.76 Å². The predicted molar refractivity (Wildman–Crippen MR) is 84.6 cm³/mol. The molecule has 0 aliphatic rings. The number of nitrogens with one attached hydrogen (secondary N) is 1. The summed E-state index contributed by atoms with van der Waals surface area (Å²) in [7, 11) is -0.820. The lowest BCUT2D eigenvalue weighted by molar-refractivity contribution is -0.121. The molecule has 0 bridgehead atoms. The zero-order chi connectivity index (χ0) is 17.2. The number of hydrogen-bond acceptors (Lipinski definition) is 5. The normalized spacial score (nSPS) is 11.8. The third-order valence-corrected chi connectivity index (χ3v) is 4.97. The van der Waals surface area contributed by atoms with Crippen LogP contribution in [-0.2, 0) is 21.4 Å². The third kappa shape index (κ3) is 3.35. The summed E-state index contributed by atoms with van der Waals surface area (Å²) in [5.41, 5.74) is 0.455. The summed E-state index contributed by atoms with van der Waals surface area (Å²) in [5, 5.41) is 2.55. The molecule has 1 aromatic heterocycles. The smallest absolute Gasteiger partial charge is 0.408 e. The summed E-state index contributed by atoms with van der Waals surface area (Å²) >= 11 is 0. The van der Waals surface area contributed by atoms with Gasteiger partial charge in [0.1, 0.15) is 6.54 Å². The summed E-state index contributed by atoms with van der Waals surface area (Å²) in [6.45, 7) is 3.54. The van der Waals surface area contributed by atoms with Crippen molar-refractivity contribution in [1.82, 2.24) is 14.2 Å². The highest BCUT2D eigenvalue weighted by Gasteiger charge is 2.20. The molecule has 0 spiro atoms. The van der Waals surface area contributed by atoms with Crippen molar-refractivity contribution in [3.8, 4) is 0 Å². The Morgan fingerprint density at radius 3 is 2.74 bits per heavy atom. The zero-order valence-corrected chi connectivity index (χ0v) is 13.6. The van der Waals surface area contributed by atoms with Crippen LogP contribution in [0.25, 0.3) is 11.1 Å². The van der Waals surface area contributed by atoms with Gasteiger partial charge in [-0.25, -0.2) is 17.5 Å². The number of fused-ring (bicyclic) bond motifs is 1. The average Bonchev–Trinajstić information content (AvgIpc) is 2.80. The molecule has 2 aromatic rings. The number of carbonyl (C=O) groups is 1. The summed E-state index contributed by atoms with van der Waals surface area (Å²) in [4.78, 5) is 23.6. The molecule has 124 valence electrons. The maximum atomic E-state index is 12.1. The molecule has 0 aliphatic heterocycles. The van der Waals surface area contributed by atoms with Gasteiger partial charge in [-0.15, -0.1) is 6.58 Å². The van der Waals surface area contributed by atoms with Crippen LogP contribution >= 0.6 is 0 Å². The molecule has 1 heterocycles. The van der Waals surface area contributed by atoms with Crippen molar-refractivity contribution >= 4 is 27.0 Å². The van der Waals surface area contributed by atoms with Gasteiger partial charge in [-0.2, -0.15) is 0 Å². The first-order valence-corrected chi connectivity index (χ1v) is 8.15. The second-order valence-electron chi connectivity index (χ2n) is 4.96. The molecule has 1 amide bonds. The molecule has 0 saturated heterocycles. The van der Waals surface area contributed by atoms with Crippen molar-refractivity contribution in [1.29, 1.82) is 0 Å². The quantitative estimate of drug-likeness (QED) is 0.755. The number of carbonyl (C=O) groups excluding carboxylic acids is 1. The highest BCUT2D eigenvalue weighted by Crippen LogP contribution is 2.20. The molecule has 0 unspecified atom stereocenters. The third-order valence-electron chi connectivity index (χ3n) is 3.16. The van der Waals surface area contributed by atoms with Crippen molar-refractivity contribution in [3.63, 3.8) is 0 Å². The number of amides is 1. The van der Waals surface area contributed by atoms with E-state index in [0.717, 1.165) is 8.87 Å². The number of oxazole rings is 1. The molecule has 0 saturated carbocycles. The second kappa shape index (κ2) is 6.39. The van der Waals surface area contributed by atoms with Crippen LogP contribution in [0.3, 0.4) is 0 Å². The van der Waals surface area contributed by atoms with E-state index in [1.165, 1.54) is 38.4 Å². The van der Waals surface area contributed by atoms with Crippen LogP contribution in [0.2, 0.25) is 0 Å². The Morgan fingerprint density at radius 1 is 1.43 bits per heavy atom. The summed E-state index contributed by atoms with van der Waals surface area (Å²) in [5.74, 6) is -1.10. The average molecular weight is 339 g/mol. The lowest BCUT2D eigenvalue weighted by Gasteiger charge is -2.10. The first kappa shape index (κ1) is 17.0. The number of benzene rings is 1. The van der Waals surface area contributed by atoms with Gasteiger partial charge in [0.25, 0.3) is 0 Å². The molecular formula is C14H17N3O5S. The molecular weight excluding hydrogens is 322 g/mol. The van der Waals surface area contributed by atoms with E-state index in [0.29, 0.717) is 5.52 Å². The Bertz CT molecular complexity index is 908. The second-order valence-corrected chi connectivity index (χ2v) is 7.12. The standard InChI is InChI=1S/C14H17N3O5S/c1-4-7-15-13(18)9-17-11-6-5-10(23(20,21)16(2)3)8-12(11)22-14(17)19/h4-6,8H,1,7,9H2,2-3H3,(H,15,18). The van der Waals surface area contributed by atoms with Crippen molar-refractivity contribution < 1.29 is 17.6 Å². The van der Waals surface area contributed by atoms with Crippen LogP contribution in [0, 0.1) is 0 Å². The fourth-order valence-corrected chi connectivity index (χ4v) is 2.87. The Balaban J connectivity index is 2.43. The largest absolute Gasteiger partial charge is 0.420 e. The van der Waals surface area contributed by atoms with Gasteiger partial charge in [0.15, 0.2) is 5.58 Å². The van der Waals surface area contributed by atoms with E-state index in [-0.39, 0.29) is 29.5 Å². The molecule has 9 heteroatoms. The van der Waals surface area contributed by atoms with Gasteiger partial charge in [-0.05, 0) is 12.1 Å². The molecule has 1 aromatic carbocycles. The topological polar surface area (TPSA) is 102 Å². The van der Waals surface area contributed by atoms with Crippen LogP contribution in [0.5, 0.6) is 0 Å². The van der Waals surface area contributed by atoms with Crippen molar-refractivity contribution in [2.75, 3.05) is 20.6 Å². The summed E-state index contributed by atoms with van der Waals surface area (Å²) in [6, 6.07) is 4.08. The van der Waals surface area contributed by atoms with E-state index >= 15 is 0 Å². The Hall–Kier alpha value is -2.39. The number of nitrogens with zero attached hydrogens (tertiary/aromatic N) is 2. The highest BCUT2D eigenvalue weighted by molar-refractivity contribution is 7.89. The number of sulfonamides is 1. The fourth-order valence-electron chi connectivity index (χ4n) is 1.95. The maximum absolute atomic E-state index is 12.1. The van der Waals surface area contributed by atoms with Crippen molar-refractivity contribution in [2.24, 2.45) is 0 Å². The predicted octanol–water partition coefficient (Wildman–Crippen LogP) is 0.147. The first-order chi connectivity index (χ1) is 10.8. The number of aromatic nitrogens is 1. The molecule has 0 atom stereocenters. The van der Waals surface area contributed by atoms with E-state index < -0.39 is 15.8 Å². The van der Waals surface area contributed by atoms with Gasteiger partial charge in [-0.3, -0.25) is 9.36 Å². The molecule has 2 rings (SSSR count). The van der Waals surface area contributed by atoms with Gasteiger partial charge in [0, 0.05) is 26.7 Å². The van der Waals surface area contributed by atoms with Gasteiger partial charge < -0.3 is 9.73 Å². The molecule has 0 aliphatic carbocycles. The lowest BCUT2D eigenvalue weighted by atomic mass is 10.3. The Morgan fingerprint density at radius 2 is 2.13 bits per heavy atom. The first-order valence-electron chi connectivity index (χ1n) is 6.71. The lowest BCUT2D eigenvalue weighted by Crippen LogP contribution is -2.30. The molecule has 0 radical (unpaired) electrons. The minimum absolute atomic E-state index is 0.00649. The monoisotopic (exact) mass is 339 g/mol. The SMILES string of the molecule is C=CCNC(=O)Cn1c(=O)oc2cc(S(=O)(=O)N(C)C)ccc21. The molecule has 8 nitrogen and oxygen atoms in total. The number of rotatable bonds is 6. The van der Waals surface area contributed by atoms with Crippen molar-refractivity contribution in [2.45, 2.75) is 11.4 Å². The number of hydrogen-bond donors (Lipinski definition) is 1. The van der Waals surface area contributed by atoms with E-state index in [9.17, 15) is 18.0 Å². The highest BCUT2D eigenvalue weighted by atomic mass is 32.2. The Kier molecular flexibility index (Phi) is 4.71. The molecule has 0 fully saturated rings. The van der Waals surface area contributed by atoms with E-state index in [2.05, 4.69) is 11.9 Å². The fraction of sp³-hybridized carbons (Fsp3) is 0.286. The van der Waals surface area contributed by atoms with Crippen LogP contribution in [0.4, 0.5) is 0 Å². The van der Waals surface area contributed by atoms with Crippen LogP contribution in [0.15, 0.2) is 45.0 Å². The van der Waals surface area contributed by atoms with Crippen LogP contribution < -0.4 is 11.1 Å². The van der Waals surface area contributed by atoms with Crippen LogP contribution in [0.1, 0.15) is 0 Å². The summed E-state index contributed by atoms with van der Waals surface area (Å²) < 4.78 is 31.4. The van der Waals surface area contributed by atoms with Gasteiger partial charge in [0.05, 0.1) is 10.4 Å². The van der Waals surface area contributed by atoms with E-state index in [4.69, 9.17) is 4.42 Å². The zero-order valence-electron chi connectivity index (χ0n) is 12.8. The Labute approximate surface area is 133 Å². The minimum Gasteiger partial charge on any atom is -0.408 e. The van der Waals surface area contributed by atoms with Crippen molar-refractivity contribution in [3.05, 3.63) is 41.4 Å². The summed E-state index contributed by atoms with van der Waals surface area (Å²) in [6.07, 6.45) is 1.52. The molecule has 1 N–H and O–H groups in total. The van der Waals surface area contributed by atoms with E-state index in [1.807, 2.05) is 0 Å². The maximum Gasteiger partial charge on any atom is 0.420 e. The van der Waals surface area contributed by atoms with E-state index in [1.54, 1.807) is 0 Å². The molecule has 23 heavy (non-hydrogen) atoms. The van der Waals surface area contributed by atoms with Gasteiger partial charge in [0.2, 0.25) is 15.9 Å². The van der Waals surface area contributed by atoms with Gasteiger partial charge in [-0.1, -0.05) is 6.08 Å². The minimum atomic E-state index is -3.64.